The van der Waals surface area contributed by atoms with Gasteiger partial charge in [0.15, 0.2) is 0 Å². The summed E-state index contributed by atoms with van der Waals surface area (Å²) in [7, 11) is 0. The highest BCUT2D eigenvalue weighted by molar-refractivity contribution is 7.14. The number of hydrogen-bond acceptors (Lipinski definition) is 3. The lowest BCUT2D eigenvalue weighted by atomic mass is 10.1. The summed E-state index contributed by atoms with van der Waals surface area (Å²) in [6.07, 6.45) is 2.51. The van der Waals surface area contributed by atoms with Crippen LogP contribution in [0.1, 0.15) is 39.9 Å². The lowest BCUT2D eigenvalue weighted by Crippen LogP contribution is -2.28. The Hall–Kier alpha value is -0.870. The zero-order chi connectivity index (χ0) is 12.4. The molecule has 3 nitrogen and oxygen atoms in total. The second-order valence-corrected chi connectivity index (χ2v) is 5.89. The van der Waals surface area contributed by atoms with Gasteiger partial charge in [-0.2, -0.15) is 0 Å². The van der Waals surface area contributed by atoms with Crippen molar-refractivity contribution in [2.75, 3.05) is 13.1 Å². The molecule has 1 atom stereocenters. The fraction of sp³-hybridized carbons (Fsp3) is 0.615. The summed E-state index contributed by atoms with van der Waals surface area (Å²) in [5.74, 6) is 0.0806. The highest BCUT2D eigenvalue weighted by Gasteiger charge is 2.26. The standard InChI is InChI=1S/C13H19NO2S/c1-3-4-10-7-12(17-9(10)2)13(16)14-6-5-11(15)8-14/h7,11,15H,3-6,8H2,1-2H3/t11-/m0/s1. The molecule has 94 valence electrons. The minimum Gasteiger partial charge on any atom is -0.391 e. The molecule has 1 aromatic rings. The molecule has 4 heteroatoms. The Morgan fingerprint density at radius 3 is 3.00 bits per heavy atom. The number of likely N-dealkylation sites (tertiary alicyclic amines) is 1. The van der Waals surface area contributed by atoms with E-state index < -0.39 is 0 Å². The number of carbonyl (C=O) groups is 1. The number of nitrogens with zero attached hydrogens (tertiary/aromatic N) is 1. The van der Waals surface area contributed by atoms with Gasteiger partial charge in [0.05, 0.1) is 11.0 Å². The quantitative estimate of drug-likeness (QED) is 0.897. The van der Waals surface area contributed by atoms with E-state index in [4.69, 9.17) is 0 Å². The largest absolute Gasteiger partial charge is 0.391 e. The number of amides is 1. The fourth-order valence-corrected chi connectivity index (χ4v) is 3.26. The Morgan fingerprint density at radius 2 is 2.41 bits per heavy atom. The van der Waals surface area contributed by atoms with E-state index in [1.54, 1.807) is 16.2 Å². The molecule has 1 saturated heterocycles. The van der Waals surface area contributed by atoms with E-state index in [2.05, 4.69) is 13.8 Å². The van der Waals surface area contributed by atoms with E-state index in [0.29, 0.717) is 19.5 Å². The molecule has 0 saturated carbocycles. The van der Waals surface area contributed by atoms with Crippen molar-refractivity contribution in [3.63, 3.8) is 0 Å². The third kappa shape index (κ3) is 2.69. The molecular formula is C13H19NO2S. The van der Waals surface area contributed by atoms with Crippen LogP contribution in [0.25, 0.3) is 0 Å². The van der Waals surface area contributed by atoms with Crippen molar-refractivity contribution >= 4 is 17.2 Å². The third-order valence-electron chi connectivity index (χ3n) is 3.20. The van der Waals surface area contributed by atoms with Crippen LogP contribution in [0.15, 0.2) is 6.07 Å². The molecule has 0 spiro atoms. The number of aliphatic hydroxyl groups is 1. The molecule has 0 aromatic carbocycles. The molecule has 1 amide bonds. The van der Waals surface area contributed by atoms with E-state index in [1.807, 2.05) is 6.07 Å². The van der Waals surface area contributed by atoms with Crippen LogP contribution in [0.3, 0.4) is 0 Å². The smallest absolute Gasteiger partial charge is 0.264 e. The van der Waals surface area contributed by atoms with Crippen LogP contribution in [0.2, 0.25) is 0 Å². The molecule has 17 heavy (non-hydrogen) atoms. The van der Waals surface area contributed by atoms with Gasteiger partial charge < -0.3 is 10.0 Å². The van der Waals surface area contributed by atoms with Crippen molar-refractivity contribution < 1.29 is 9.90 Å². The van der Waals surface area contributed by atoms with Crippen molar-refractivity contribution in [1.29, 1.82) is 0 Å². The second kappa shape index (κ2) is 5.19. The number of hydrogen-bond donors (Lipinski definition) is 1. The first-order chi connectivity index (χ1) is 8.11. The van der Waals surface area contributed by atoms with E-state index in [-0.39, 0.29) is 12.0 Å². The molecule has 2 heterocycles. The van der Waals surface area contributed by atoms with Gasteiger partial charge >= 0.3 is 0 Å². The summed E-state index contributed by atoms with van der Waals surface area (Å²) in [6.45, 7) is 5.39. The summed E-state index contributed by atoms with van der Waals surface area (Å²) < 4.78 is 0. The van der Waals surface area contributed by atoms with Crippen molar-refractivity contribution in [2.45, 2.75) is 39.2 Å². The summed E-state index contributed by atoms with van der Waals surface area (Å²) in [5, 5.41) is 9.45. The summed E-state index contributed by atoms with van der Waals surface area (Å²) in [5.41, 5.74) is 1.29. The van der Waals surface area contributed by atoms with Crippen LogP contribution in [0.4, 0.5) is 0 Å². The molecule has 0 bridgehead atoms. The SMILES string of the molecule is CCCc1cc(C(=O)N2CC[C@H](O)C2)sc1C. The van der Waals surface area contributed by atoms with Gasteiger partial charge in [0.2, 0.25) is 0 Å². The van der Waals surface area contributed by atoms with Crippen molar-refractivity contribution in [2.24, 2.45) is 0 Å². The molecule has 0 unspecified atom stereocenters. The average Bonchev–Trinajstić information content (AvgIpc) is 2.86. The molecule has 0 aliphatic carbocycles. The van der Waals surface area contributed by atoms with Crippen LogP contribution in [-0.4, -0.2) is 35.1 Å². The van der Waals surface area contributed by atoms with Crippen LogP contribution in [-0.2, 0) is 6.42 Å². The van der Waals surface area contributed by atoms with Crippen LogP contribution >= 0.6 is 11.3 Å². The molecule has 2 rings (SSSR count). The maximum atomic E-state index is 12.2. The van der Waals surface area contributed by atoms with Gasteiger partial charge in [0, 0.05) is 18.0 Å². The van der Waals surface area contributed by atoms with E-state index >= 15 is 0 Å². The topological polar surface area (TPSA) is 40.5 Å². The number of aryl methyl sites for hydroxylation is 2. The Bertz CT molecular complexity index is 414. The summed E-state index contributed by atoms with van der Waals surface area (Å²) in [4.78, 5) is 16.0. The first-order valence-corrected chi connectivity index (χ1v) is 7.00. The van der Waals surface area contributed by atoms with E-state index in [9.17, 15) is 9.90 Å². The number of rotatable bonds is 3. The lowest BCUT2D eigenvalue weighted by molar-refractivity contribution is 0.0769. The van der Waals surface area contributed by atoms with Gasteiger partial charge in [-0.05, 0) is 31.4 Å². The minimum atomic E-state index is -0.338. The summed E-state index contributed by atoms with van der Waals surface area (Å²) >= 11 is 1.58. The van der Waals surface area contributed by atoms with E-state index in [1.165, 1.54) is 10.4 Å². The summed E-state index contributed by atoms with van der Waals surface area (Å²) in [6, 6.07) is 2.02. The number of thiophene rings is 1. The maximum absolute atomic E-state index is 12.2. The van der Waals surface area contributed by atoms with Gasteiger partial charge in [0.1, 0.15) is 0 Å². The van der Waals surface area contributed by atoms with Gasteiger partial charge in [-0.15, -0.1) is 11.3 Å². The molecule has 1 aliphatic rings. The highest BCUT2D eigenvalue weighted by Crippen LogP contribution is 2.25. The molecule has 0 radical (unpaired) electrons. The minimum absolute atomic E-state index is 0.0806. The predicted molar refractivity (Wildman–Crippen MR) is 69.6 cm³/mol. The zero-order valence-corrected chi connectivity index (χ0v) is 11.2. The van der Waals surface area contributed by atoms with Crippen molar-refractivity contribution in [3.05, 3.63) is 21.4 Å². The average molecular weight is 253 g/mol. The van der Waals surface area contributed by atoms with Crippen LogP contribution in [0.5, 0.6) is 0 Å². The van der Waals surface area contributed by atoms with Crippen molar-refractivity contribution in [1.82, 2.24) is 4.90 Å². The Balaban J connectivity index is 2.11. The fourth-order valence-electron chi connectivity index (χ4n) is 2.22. The highest BCUT2D eigenvalue weighted by atomic mass is 32.1. The Kier molecular flexibility index (Phi) is 3.84. The van der Waals surface area contributed by atoms with Gasteiger partial charge in [-0.1, -0.05) is 13.3 Å². The second-order valence-electron chi connectivity index (χ2n) is 4.64. The van der Waals surface area contributed by atoms with Crippen molar-refractivity contribution in [3.8, 4) is 0 Å². The molecule has 1 N–H and O–H groups in total. The number of β-amino-alcohol motifs (C(OH)–C–C–N with tert-alkyl or cyclic N) is 1. The van der Waals surface area contributed by atoms with Gasteiger partial charge in [-0.3, -0.25) is 4.79 Å². The predicted octanol–water partition coefficient (Wildman–Crippen LogP) is 2.22. The first kappa shape index (κ1) is 12.6. The van der Waals surface area contributed by atoms with Gasteiger partial charge in [-0.25, -0.2) is 0 Å². The van der Waals surface area contributed by atoms with Crippen LogP contribution < -0.4 is 0 Å². The Morgan fingerprint density at radius 1 is 1.65 bits per heavy atom. The third-order valence-corrected chi connectivity index (χ3v) is 4.28. The molecular weight excluding hydrogens is 234 g/mol. The molecule has 1 aliphatic heterocycles. The Labute approximate surface area is 106 Å². The van der Waals surface area contributed by atoms with Gasteiger partial charge in [0.25, 0.3) is 5.91 Å². The normalized spacial score (nSPS) is 19.9. The lowest BCUT2D eigenvalue weighted by Gasteiger charge is -2.13. The first-order valence-electron chi connectivity index (χ1n) is 6.18. The molecule has 1 aromatic heterocycles. The number of carbonyl (C=O) groups excluding carboxylic acids is 1. The van der Waals surface area contributed by atoms with E-state index in [0.717, 1.165) is 17.7 Å². The zero-order valence-electron chi connectivity index (χ0n) is 10.4. The maximum Gasteiger partial charge on any atom is 0.264 e. The number of aliphatic hydroxyl groups excluding tert-OH is 1. The molecule has 1 fully saturated rings. The van der Waals surface area contributed by atoms with Crippen LogP contribution in [0, 0.1) is 6.92 Å². The monoisotopic (exact) mass is 253 g/mol.